The van der Waals surface area contributed by atoms with Gasteiger partial charge in [0.15, 0.2) is 0 Å². The van der Waals surface area contributed by atoms with Gasteiger partial charge in [-0.2, -0.15) is 0 Å². The number of carbonyl (C=O) groups is 1. The van der Waals surface area contributed by atoms with Crippen LogP contribution >= 0.6 is 0 Å². The summed E-state index contributed by atoms with van der Waals surface area (Å²) >= 11 is 0. The summed E-state index contributed by atoms with van der Waals surface area (Å²) in [6.45, 7) is 3.68. The number of hydrogen-bond donors (Lipinski definition) is 2. The van der Waals surface area contributed by atoms with Gasteiger partial charge in [-0.15, -0.1) is 0 Å². The van der Waals surface area contributed by atoms with Crippen molar-refractivity contribution in [2.24, 2.45) is 11.7 Å². The normalized spacial score (nSPS) is 23.2. The van der Waals surface area contributed by atoms with Crippen molar-refractivity contribution in [3.63, 3.8) is 0 Å². The van der Waals surface area contributed by atoms with Crippen LogP contribution in [0.2, 0.25) is 0 Å². The second-order valence-electron chi connectivity index (χ2n) is 5.62. The van der Waals surface area contributed by atoms with Crippen LogP contribution in [0.1, 0.15) is 30.1 Å². The number of benzene rings is 1. The highest BCUT2D eigenvalue weighted by molar-refractivity contribution is 6.06. The molecule has 3 rings (SSSR count). The first-order chi connectivity index (χ1) is 9.70. The lowest BCUT2D eigenvalue weighted by molar-refractivity contribution is 0.0651. The quantitative estimate of drug-likeness (QED) is 0.881. The number of nitrogens with zero attached hydrogens (tertiary/aromatic N) is 1. The Morgan fingerprint density at radius 1 is 1.45 bits per heavy atom. The largest absolute Gasteiger partial charge is 0.360 e. The number of aromatic nitrogens is 1. The molecule has 3 N–H and O–H groups in total. The number of rotatable bonds is 2. The van der Waals surface area contributed by atoms with Crippen molar-refractivity contribution < 1.29 is 4.79 Å². The van der Waals surface area contributed by atoms with Gasteiger partial charge in [-0.05, 0) is 18.4 Å². The monoisotopic (exact) mass is 271 g/mol. The Hall–Kier alpha value is -1.81. The zero-order valence-corrected chi connectivity index (χ0v) is 11.8. The maximum atomic E-state index is 12.7. The van der Waals surface area contributed by atoms with E-state index in [1.807, 2.05) is 35.4 Å². The predicted molar refractivity (Wildman–Crippen MR) is 80.6 cm³/mol. The molecule has 4 heteroatoms. The first-order valence-corrected chi connectivity index (χ1v) is 7.31. The first-order valence-electron chi connectivity index (χ1n) is 7.31. The molecule has 20 heavy (non-hydrogen) atoms. The van der Waals surface area contributed by atoms with Gasteiger partial charge in [0.1, 0.15) is 0 Å². The smallest absolute Gasteiger partial charge is 0.256 e. The minimum atomic E-state index is 0.118. The summed E-state index contributed by atoms with van der Waals surface area (Å²) in [5.74, 6) is 0.533. The number of carbonyl (C=O) groups excluding carboxylic acids is 1. The topological polar surface area (TPSA) is 62.1 Å². The summed E-state index contributed by atoms with van der Waals surface area (Å²) in [4.78, 5) is 17.8. The molecule has 1 aromatic carbocycles. The van der Waals surface area contributed by atoms with E-state index >= 15 is 0 Å². The van der Waals surface area contributed by atoms with Crippen LogP contribution < -0.4 is 5.73 Å². The van der Waals surface area contributed by atoms with Gasteiger partial charge in [0, 0.05) is 36.2 Å². The van der Waals surface area contributed by atoms with E-state index < -0.39 is 0 Å². The molecule has 1 amide bonds. The molecule has 1 aliphatic rings. The van der Waals surface area contributed by atoms with Gasteiger partial charge in [-0.1, -0.05) is 31.5 Å². The SMILES string of the molecule is CCC1CN(C(=O)c2c[nH]c3ccccc23)CCC1N. The molecule has 1 aromatic heterocycles. The van der Waals surface area contributed by atoms with Crippen LogP contribution in [0.25, 0.3) is 10.9 Å². The molecule has 0 bridgehead atoms. The minimum absolute atomic E-state index is 0.118. The van der Waals surface area contributed by atoms with Gasteiger partial charge in [-0.25, -0.2) is 0 Å². The Labute approximate surface area is 118 Å². The molecule has 1 aliphatic heterocycles. The van der Waals surface area contributed by atoms with Crippen LogP contribution in [0.15, 0.2) is 30.5 Å². The van der Waals surface area contributed by atoms with Gasteiger partial charge in [-0.3, -0.25) is 4.79 Å². The highest BCUT2D eigenvalue weighted by atomic mass is 16.2. The van der Waals surface area contributed by atoms with Crippen LogP contribution in [0.4, 0.5) is 0 Å². The van der Waals surface area contributed by atoms with Crippen LogP contribution in [-0.2, 0) is 0 Å². The summed E-state index contributed by atoms with van der Waals surface area (Å²) in [5.41, 5.74) is 7.90. The number of likely N-dealkylation sites (tertiary alicyclic amines) is 1. The Bertz CT molecular complexity index is 619. The van der Waals surface area contributed by atoms with Gasteiger partial charge in [0.25, 0.3) is 5.91 Å². The van der Waals surface area contributed by atoms with E-state index in [0.717, 1.165) is 42.4 Å². The number of hydrogen-bond acceptors (Lipinski definition) is 2. The molecule has 1 saturated heterocycles. The summed E-state index contributed by atoms with van der Waals surface area (Å²) in [6.07, 6.45) is 3.74. The van der Waals surface area contributed by atoms with Crippen molar-refractivity contribution in [3.8, 4) is 0 Å². The number of aromatic amines is 1. The number of para-hydroxylation sites is 1. The highest BCUT2D eigenvalue weighted by Gasteiger charge is 2.29. The molecule has 2 heterocycles. The molecule has 4 nitrogen and oxygen atoms in total. The van der Waals surface area contributed by atoms with Crippen LogP contribution in [0, 0.1) is 5.92 Å². The number of nitrogens with two attached hydrogens (primary N) is 1. The number of piperidine rings is 1. The molecule has 0 spiro atoms. The van der Waals surface area contributed by atoms with Gasteiger partial charge >= 0.3 is 0 Å². The Kier molecular flexibility index (Phi) is 3.49. The van der Waals surface area contributed by atoms with E-state index in [-0.39, 0.29) is 11.9 Å². The van der Waals surface area contributed by atoms with Crippen LogP contribution in [0.5, 0.6) is 0 Å². The Morgan fingerprint density at radius 3 is 3.05 bits per heavy atom. The van der Waals surface area contributed by atoms with Crippen molar-refractivity contribution in [3.05, 3.63) is 36.0 Å². The molecule has 0 radical (unpaired) electrons. The fraction of sp³-hybridized carbons (Fsp3) is 0.438. The molecule has 2 unspecified atom stereocenters. The summed E-state index contributed by atoms with van der Waals surface area (Å²) in [5, 5.41) is 1.00. The van der Waals surface area contributed by atoms with Gasteiger partial charge < -0.3 is 15.6 Å². The first kappa shape index (κ1) is 13.2. The number of fused-ring (bicyclic) bond motifs is 1. The average Bonchev–Trinajstić information content (AvgIpc) is 2.91. The lowest BCUT2D eigenvalue weighted by Gasteiger charge is -2.36. The molecular formula is C16H21N3O. The fourth-order valence-electron chi connectivity index (χ4n) is 3.09. The van der Waals surface area contributed by atoms with E-state index in [0.29, 0.717) is 5.92 Å². The van der Waals surface area contributed by atoms with E-state index in [1.54, 1.807) is 0 Å². The standard InChI is InChI=1S/C16H21N3O/c1-2-11-10-19(8-7-14(11)17)16(20)13-9-18-15-6-4-3-5-12(13)15/h3-6,9,11,14,18H,2,7-8,10,17H2,1H3. The highest BCUT2D eigenvalue weighted by Crippen LogP contribution is 2.23. The predicted octanol–water partition coefficient (Wildman–Crippen LogP) is 2.37. The second kappa shape index (κ2) is 5.29. The molecular weight excluding hydrogens is 250 g/mol. The Morgan fingerprint density at radius 2 is 2.25 bits per heavy atom. The third-order valence-corrected chi connectivity index (χ3v) is 4.42. The lowest BCUT2D eigenvalue weighted by Crippen LogP contribution is -2.48. The third-order valence-electron chi connectivity index (χ3n) is 4.42. The van der Waals surface area contributed by atoms with Crippen LogP contribution in [-0.4, -0.2) is 34.9 Å². The van der Waals surface area contributed by atoms with Gasteiger partial charge in [0.2, 0.25) is 0 Å². The van der Waals surface area contributed by atoms with Crippen LogP contribution in [0.3, 0.4) is 0 Å². The molecule has 2 aromatic rings. The zero-order valence-electron chi connectivity index (χ0n) is 11.8. The number of nitrogens with one attached hydrogen (secondary N) is 1. The average molecular weight is 271 g/mol. The zero-order chi connectivity index (χ0) is 14.1. The second-order valence-corrected chi connectivity index (χ2v) is 5.62. The van der Waals surface area contributed by atoms with E-state index in [1.165, 1.54) is 0 Å². The van der Waals surface area contributed by atoms with Gasteiger partial charge in [0.05, 0.1) is 5.56 Å². The third kappa shape index (κ3) is 2.20. The van der Waals surface area contributed by atoms with E-state index in [4.69, 9.17) is 5.73 Å². The van der Waals surface area contributed by atoms with Crippen molar-refractivity contribution in [2.45, 2.75) is 25.8 Å². The maximum Gasteiger partial charge on any atom is 0.256 e. The summed E-state index contributed by atoms with van der Waals surface area (Å²) < 4.78 is 0. The van der Waals surface area contributed by atoms with Crippen molar-refractivity contribution in [2.75, 3.05) is 13.1 Å². The minimum Gasteiger partial charge on any atom is -0.360 e. The lowest BCUT2D eigenvalue weighted by atomic mass is 9.90. The molecule has 0 saturated carbocycles. The number of amides is 1. The number of H-pyrrole nitrogens is 1. The fourth-order valence-corrected chi connectivity index (χ4v) is 3.09. The summed E-state index contributed by atoms with van der Waals surface area (Å²) in [6, 6.07) is 8.15. The van der Waals surface area contributed by atoms with Crippen molar-refractivity contribution >= 4 is 16.8 Å². The van der Waals surface area contributed by atoms with E-state index in [2.05, 4.69) is 11.9 Å². The van der Waals surface area contributed by atoms with Crippen molar-refractivity contribution in [1.82, 2.24) is 9.88 Å². The maximum absolute atomic E-state index is 12.7. The van der Waals surface area contributed by atoms with Crippen molar-refractivity contribution in [1.29, 1.82) is 0 Å². The molecule has 0 aliphatic carbocycles. The summed E-state index contributed by atoms with van der Waals surface area (Å²) in [7, 11) is 0. The van der Waals surface area contributed by atoms with E-state index in [9.17, 15) is 4.79 Å². The molecule has 1 fully saturated rings. The molecule has 106 valence electrons. The Balaban J connectivity index is 1.85. The molecule has 2 atom stereocenters.